The van der Waals surface area contributed by atoms with Gasteiger partial charge in [0, 0.05) is 34.9 Å². The molecule has 0 amide bonds. The molecule has 4 saturated carbocycles. The van der Waals surface area contributed by atoms with Crippen LogP contribution >= 0.6 is 11.3 Å². The first kappa shape index (κ1) is 28.6. The first-order chi connectivity index (χ1) is 22.9. The fourth-order valence-electron chi connectivity index (χ4n) is 9.37. The monoisotopic (exact) mass is 643 g/mol. The lowest BCUT2D eigenvalue weighted by Gasteiger charge is -2.56. The number of ether oxygens (including phenoxy) is 1. The van der Waals surface area contributed by atoms with E-state index in [4.69, 9.17) is 9.84 Å². The van der Waals surface area contributed by atoms with E-state index in [0.29, 0.717) is 22.6 Å². The van der Waals surface area contributed by atoms with Crippen molar-refractivity contribution < 1.29 is 9.53 Å². The Kier molecular flexibility index (Phi) is 6.54. The van der Waals surface area contributed by atoms with Crippen LogP contribution in [-0.2, 0) is 11.3 Å². The maximum atomic E-state index is 13.4. The summed E-state index contributed by atoms with van der Waals surface area (Å²) in [7, 11) is 1.44. The van der Waals surface area contributed by atoms with Crippen LogP contribution in [0, 0.1) is 37.0 Å². The van der Waals surface area contributed by atoms with Crippen LogP contribution < -0.4 is 5.32 Å². The number of aromatic nitrogens is 6. The highest BCUT2D eigenvalue weighted by atomic mass is 32.1. The van der Waals surface area contributed by atoms with E-state index < -0.39 is 0 Å². The van der Waals surface area contributed by atoms with Crippen LogP contribution in [-0.4, -0.2) is 42.6 Å². The number of thiazole rings is 1. The zero-order valence-electron chi connectivity index (χ0n) is 26.9. The van der Waals surface area contributed by atoms with Crippen LogP contribution in [0.3, 0.4) is 0 Å². The number of carbonyl (C=O) groups excluding carboxylic acids is 1. The van der Waals surface area contributed by atoms with Crippen molar-refractivity contribution in [3.8, 4) is 16.9 Å². The van der Waals surface area contributed by atoms with Gasteiger partial charge in [0.05, 0.1) is 34.6 Å². The van der Waals surface area contributed by atoms with E-state index in [1.807, 2.05) is 60.3 Å². The van der Waals surface area contributed by atoms with E-state index in [1.54, 1.807) is 11.3 Å². The first-order valence-corrected chi connectivity index (χ1v) is 17.4. The fourth-order valence-corrected chi connectivity index (χ4v) is 10.2. The standard InChI is InChI=1S/C37H37N7O2S/c1-21-12-32(41-42-34(21)40-36-39-29-6-4-5-7-31(29)47-36)43-11-10-27-30(43)9-8-26(33(27)35(45)46-3)28-19-38-44(22(28)2)20-37-16-23-13-24(17-37)15-25(14-23)18-37/h4-12,19,23-25H,13-18,20H2,1-3H3,(H,39,40,42). The molecule has 0 atom stereocenters. The van der Waals surface area contributed by atoms with Crippen molar-refractivity contribution in [2.75, 3.05) is 12.4 Å². The Hall–Kier alpha value is -4.57. The van der Waals surface area contributed by atoms with Crippen molar-refractivity contribution in [1.29, 1.82) is 0 Å². The molecule has 4 aromatic heterocycles. The van der Waals surface area contributed by atoms with Crippen LogP contribution in [0.1, 0.15) is 60.1 Å². The number of hydrogen-bond donors (Lipinski definition) is 1. The normalized spacial score (nSPS) is 23.2. The lowest BCUT2D eigenvalue weighted by atomic mass is 9.49. The summed E-state index contributed by atoms with van der Waals surface area (Å²) in [4.78, 5) is 18.1. The molecule has 4 bridgehead atoms. The predicted octanol–water partition coefficient (Wildman–Crippen LogP) is 8.26. The van der Waals surface area contributed by atoms with E-state index >= 15 is 0 Å². The third-order valence-electron chi connectivity index (χ3n) is 11.0. The smallest absolute Gasteiger partial charge is 0.339 e. The molecule has 0 radical (unpaired) electrons. The number of benzene rings is 2. The minimum Gasteiger partial charge on any atom is -0.465 e. The lowest BCUT2D eigenvalue weighted by Crippen LogP contribution is -2.48. The van der Waals surface area contributed by atoms with Crippen molar-refractivity contribution >= 4 is 49.4 Å². The molecule has 0 spiro atoms. The summed E-state index contributed by atoms with van der Waals surface area (Å²) in [6.07, 6.45) is 12.2. The van der Waals surface area contributed by atoms with E-state index in [9.17, 15) is 4.79 Å². The van der Waals surface area contributed by atoms with Crippen molar-refractivity contribution in [1.82, 2.24) is 29.5 Å². The molecule has 0 aliphatic heterocycles. The highest BCUT2D eigenvalue weighted by molar-refractivity contribution is 7.22. The number of esters is 1. The van der Waals surface area contributed by atoms with Gasteiger partial charge in [-0.15, -0.1) is 10.2 Å². The number of para-hydroxylation sites is 1. The van der Waals surface area contributed by atoms with Gasteiger partial charge in [-0.05, 0) is 111 Å². The quantitative estimate of drug-likeness (QED) is 0.175. The summed E-state index contributed by atoms with van der Waals surface area (Å²) in [6, 6.07) is 16.1. The second kappa shape index (κ2) is 10.7. The summed E-state index contributed by atoms with van der Waals surface area (Å²) in [5.74, 6) is 3.64. The molecule has 47 heavy (non-hydrogen) atoms. The SMILES string of the molecule is COC(=O)c1c(-c2cnn(CC34CC5CC(CC(C5)C3)C4)c2C)ccc2c1ccn2-c1cc(C)c(Nc2nc3ccccc3s2)nn1. The summed E-state index contributed by atoms with van der Waals surface area (Å²) >= 11 is 1.58. The molecule has 0 saturated heterocycles. The third kappa shape index (κ3) is 4.75. The Labute approximate surface area is 277 Å². The molecule has 238 valence electrons. The number of fused-ring (bicyclic) bond motifs is 2. The number of nitrogens with zero attached hydrogens (tertiary/aromatic N) is 6. The second-order valence-corrected chi connectivity index (χ2v) is 15.2. The second-order valence-electron chi connectivity index (χ2n) is 14.2. The number of methoxy groups -OCH3 is 1. The molecular formula is C37H37N7O2S. The Bertz CT molecular complexity index is 2130. The van der Waals surface area contributed by atoms with Crippen LogP contribution in [0.2, 0.25) is 0 Å². The Morgan fingerprint density at radius 1 is 1.00 bits per heavy atom. The highest BCUT2D eigenvalue weighted by Gasteiger charge is 2.51. The summed E-state index contributed by atoms with van der Waals surface area (Å²) < 4.78 is 10.6. The number of hydrogen-bond acceptors (Lipinski definition) is 8. The highest BCUT2D eigenvalue weighted by Crippen LogP contribution is 2.60. The molecule has 1 N–H and O–H groups in total. The van der Waals surface area contributed by atoms with Gasteiger partial charge in [-0.2, -0.15) is 5.10 Å². The molecular weight excluding hydrogens is 607 g/mol. The molecule has 4 aliphatic carbocycles. The van der Waals surface area contributed by atoms with Gasteiger partial charge in [0.15, 0.2) is 16.8 Å². The third-order valence-corrected chi connectivity index (χ3v) is 12.0. The molecule has 9 nitrogen and oxygen atoms in total. The van der Waals surface area contributed by atoms with Crippen molar-refractivity contribution in [3.63, 3.8) is 0 Å². The van der Waals surface area contributed by atoms with E-state index in [0.717, 1.165) is 72.9 Å². The molecule has 6 aromatic rings. The number of carbonyl (C=O) groups is 1. The molecule has 4 fully saturated rings. The van der Waals surface area contributed by atoms with Gasteiger partial charge < -0.3 is 10.1 Å². The number of anilines is 2. The molecule has 2 aromatic carbocycles. The minimum absolute atomic E-state index is 0.366. The van der Waals surface area contributed by atoms with Crippen LogP contribution in [0.4, 0.5) is 10.9 Å². The van der Waals surface area contributed by atoms with Crippen molar-refractivity contribution in [2.24, 2.45) is 23.2 Å². The Balaban J connectivity index is 1.04. The number of rotatable bonds is 7. The maximum absolute atomic E-state index is 13.4. The van der Waals surface area contributed by atoms with Gasteiger partial charge in [-0.1, -0.05) is 29.5 Å². The van der Waals surface area contributed by atoms with Crippen LogP contribution in [0.5, 0.6) is 0 Å². The zero-order chi connectivity index (χ0) is 31.9. The van der Waals surface area contributed by atoms with E-state index in [-0.39, 0.29) is 5.97 Å². The van der Waals surface area contributed by atoms with Gasteiger partial charge in [0.2, 0.25) is 0 Å². The number of nitrogens with one attached hydrogen (secondary N) is 1. The molecule has 10 rings (SSSR count). The van der Waals surface area contributed by atoms with Crippen LogP contribution in [0.25, 0.3) is 38.1 Å². The largest absolute Gasteiger partial charge is 0.465 e. The van der Waals surface area contributed by atoms with Gasteiger partial charge in [-0.25, -0.2) is 9.78 Å². The van der Waals surface area contributed by atoms with Crippen molar-refractivity contribution in [2.45, 2.75) is 58.9 Å². The summed E-state index contributed by atoms with van der Waals surface area (Å²) in [5.41, 5.74) is 6.57. The average molecular weight is 644 g/mol. The Morgan fingerprint density at radius 3 is 2.49 bits per heavy atom. The minimum atomic E-state index is -0.366. The van der Waals surface area contributed by atoms with Gasteiger partial charge >= 0.3 is 5.97 Å². The molecule has 4 heterocycles. The molecule has 4 aliphatic rings. The molecule has 0 unspecified atom stereocenters. The predicted molar refractivity (Wildman–Crippen MR) is 184 cm³/mol. The maximum Gasteiger partial charge on any atom is 0.339 e. The van der Waals surface area contributed by atoms with Gasteiger partial charge in [0.1, 0.15) is 0 Å². The summed E-state index contributed by atoms with van der Waals surface area (Å²) in [5, 5.41) is 18.9. The summed E-state index contributed by atoms with van der Waals surface area (Å²) in [6.45, 7) is 5.11. The van der Waals surface area contributed by atoms with Gasteiger partial charge in [-0.3, -0.25) is 9.25 Å². The Morgan fingerprint density at radius 2 is 1.77 bits per heavy atom. The number of aryl methyl sites for hydroxylation is 1. The first-order valence-electron chi connectivity index (χ1n) is 16.6. The van der Waals surface area contributed by atoms with Crippen LogP contribution in [0.15, 0.2) is 60.9 Å². The van der Waals surface area contributed by atoms with Crippen molar-refractivity contribution in [3.05, 3.63) is 77.7 Å². The van der Waals surface area contributed by atoms with E-state index in [1.165, 1.54) is 45.6 Å². The van der Waals surface area contributed by atoms with E-state index in [2.05, 4.69) is 44.2 Å². The fraction of sp³-hybridized carbons (Fsp3) is 0.378. The lowest BCUT2D eigenvalue weighted by molar-refractivity contribution is -0.0638. The van der Waals surface area contributed by atoms with Gasteiger partial charge in [0.25, 0.3) is 0 Å². The topological polar surface area (TPSA) is 99.8 Å². The molecule has 10 heteroatoms. The zero-order valence-corrected chi connectivity index (χ0v) is 27.7. The average Bonchev–Trinajstić information content (AvgIpc) is 3.77.